The number of carbonyl (C=O) groups is 1. The summed E-state index contributed by atoms with van der Waals surface area (Å²) in [7, 11) is 0. The first kappa shape index (κ1) is 15.0. The van der Waals surface area contributed by atoms with Crippen LogP contribution in [0.5, 0.6) is 0 Å². The summed E-state index contributed by atoms with van der Waals surface area (Å²) in [6, 6.07) is 5.95. The van der Waals surface area contributed by atoms with Crippen LogP contribution in [0.4, 0.5) is 4.39 Å². The van der Waals surface area contributed by atoms with E-state index < -0.39 is 0 Å². The van der Waals surface area contributed by atoms with E-state index in [2.05, 4.69) is 6.92 Å². The Labute approximate surface area is 120 Å². The van der Waals surface area contributed by atoms with Gasteiger partial charge in [-0.25, -0.2) is 4.39 Å². The van der Waals surface area contributed by atoms with Crippen LogP contribution < -0.4 is 5.73 Å². The fourth-order valence-corrected chi connectivity index (χ4v) is 2.75. The normalized spacial score (nSPS) is 21.6. The minimum atomic E-state index is -0.266. The van der Waals surface area contributed by atoms with Crippen LogP contribution in [-0.2, 0) is 4.79 Å². The van der Waals surface area contributed by atoms with Crippen molar-refractivity contribution in [3.63, 3.8) is 0 Å². The van der Waals surface area contributed by atoms with Gasteiger partial charge in [0.05, 0.1) is 0 Å². The first-order chi connectivity index (χ1) is 9.60. The molecule has 20 heavy (non-hydrogen) atoms. The number of halogens is 1. The molecule has 0 aromatic heterocycles. The van der Waals surface area contributed by atoms with Gasteiger partial charge in [0.1, 0.15) is 5.82 Å². The van der Waals surface area contributed by atoms with E-state index in [0.29, 0.717) is 18.9 Å². The molecule has 1 amide bonds. The topological polar surface area (TPSA) is 46.3 Å². The molecule has 0 saturated carbocycles. The fraction of sp³-hybridized carbons (Fsp3) is 0.562. The largest absolute Gasteiger partial charge is 0.341 e. The summed E-state index contributed by atoms with van der Waals surface area (Å²) in [6.45, 7) is 3.47. The molecular weight excluding hydrogens is 255 g/mol. The lowest BCUT2D eigenvalue weighted by Gasteiger charge is -2.24. The van der Waals surface area contributed by atoms with Gasteiger partial charge in [-0.05, 0) is 36.5 Å². The molecule has 2 N–H and O–H groups in total. The van der Waals surface area contributed by atoms with Crippen LogP contribution in [0.25, 0.3) is 0 Å². The molecule has 1 saturated heterocycles. The van der Waals surface area contributed by atoms with Crippen LogP contribution in [0.2, 0.25) is 0 Å². The van der Waals surface area contributed by atoms with E-state index >= 15 is 0 Å². The quantitative estimate of drug-likeness (QED) is 0.920. The van der Waals surface area contributed by atoms with Crippen molar-refractivity contribution in [3.05, 3.63) is 35.6 Å². The van der Waals surface area contributed by atoms with Crippen LogP contribution >= 0.6 is 0 Å². The summed E-state index contributed by atoms with van der Waals surface area (Å²) in [5.41, 5.74) is 7.01. The second-order valence-corrected chi connectivity index (χ2v) is 5.60. The minimum Gasteiger partial charge on any atom is -0.341 e. The van der Waals surface area contributed by atoms with Crippen LogP contribution in [0.1, 0.15) is 44.2 Å². The highest BCUT2D eigenvalue weighted by atomic mass is 19.1. The highest BCUT2D eigenvalue weighted by molar-refractivity contribution is 5.76. The van der Waals surface area contributed by atoms with Crippen molar-refractivity contribution >= 4 is 5.91 Å². The molecule has 1 heterocycles. The zero-order chi connectivity index (χ0) is 14.5. The van der Waals surface area contributed by atoms with Gasteiger partial charge in [-0.3, -0.25) is 4.79 Å². The molecule has 0 radical (unpaired) electrons. The number of hydrogen-bond acceptors (Lipinski definition) is 2. The lowest BCUT2D eigenvalue weighted by Crippen LogP contribution is -2.36. The van der Waals surface area contributed by atoms with Gasteiger partial charge in [0.25, 0.3) is 0 Å². The van der Waals surface area contributed by atoms with Crippen molar-refractivity contribution < 1.29 is 9.18 Å². The van der Waals surface area contributed by atoms with Gasteiger partial charge in [0.2, 0.25) is 5.91 Å². The smallest absolute Gasteiger partial charge is 0.222 e. The molecule has 1 aromatic carbocycles. The van der Waals surface area contributed by atoms with Gasteiger partial charge in [0, 0.05) is 25.6 Å². The van der Waals surface area contributed by atoms with Crippen molar-refractivity contribution in [2.75, 3.05) is 13.1 Å². The molecule has 1 aliphatic heterocycles. The lowest BCUT2D eigenvalue weighted by molar-refractivity contribution is -0.130. The Morgan fingerprint density at radius 2 is 2.05 bits per heavy atom. The van der Waals surface area contributed by atoms with E-state index in [9.17, 15) is 9.18 Å². The maximum Gasteiger partial charge on any atom is 0.222 e. The molecule has 0 aliphatic carbocycles. The van der Waals surface area contributed by atoms with Crippen LogP contribution in [0, 0.1) is 11.7 Å². The Bertz CT molecular complexity index is 446. The minimum absolute atomic E-state index is 0.193. The van der Waals surface area contributed by atoms with Gasteiger partial charge in [-0.2, -0.15) is 0 Å². The van der Waals surface area contributed by atoms with Crippen molar-refractivity contribution in [2.24, 2.45) is 11.7 Å². The number of hydrogen-bond donors (Lipinski definition) is 1. The molecule has 110 valence electrons. The molecule has 0 spiro atoms. The lowest BCUT2D eigenvalue weighted by atomic mass is 9.98. The van der Waals surface area contributed by atoms with Crippen molar-refractivity contribution in [3.8, 4) is 0 Å². The predicted molar refractivity (Wildman–Crippen MR) is 77.5 cm³/mol. The Morgan fingerprint density at radius 1 is 1.35 bits per heavy atom. The average molecular weight is 278 g/mol. The Kier molecular flexibility index (Phi) is 5.12. The monoisotopic (exact) mass is 278 g/mol. The first-order valence-electron chi connectivity index (χ1n) is 7.39. The van der Waals surface area contributed by atoms with Crippen LogP contribution in [0.15, 0.2) is 24.3 Å². The Morgan fingerprint density at radius 3 is 2.70 bits per heavy atom. The molecular formula is C16H23FN2O. The van der Waals surface area contributed by atoms with Crippen molar-refractivity contribution in [1.29, 1.82) is 0 Å². The first-order valence-corrected chi connectivity index (χ1v) is 7.39. The number of rotatable bonds is 4. The molecule has 2 rings (SSSR count). The maximum atomic E-state index is 12.9. The Hall–Kier alpha value is -1.42. The SMILES string of the molecule is CCC1CCC(=O)N(CC(N)c2ccc(F)cc2)CC1. The molecule has 0 bridgehead atoms. The second kappa shape index (κ2) is 6.84. The van der Waals surface area contributed by atoms with Crippen LogP contribution in [0.3, 0.4) is 0 Å². The third-order valence-corrected chi connectivity index (χ3v) is 4.22. The summed E-state index contributed by atoms with van der Waals surface area (Å²) in [6.07, 6.45) is 3.79. The maximum absolute atomic E-state index is 12.9. The highest BCUT2D eigenvalue weighted by Crippen LogP contribution is 2.22. The average Bonchev–Trinajstić information content (AvgIpc) is 2.62. The van der Waals surface area contributed by atoms with E-state index in [0.717, 1.165) is 31.4 Å². The molecule has 2 atom stereocenters. The number of nitrogens with zero attached hydrogens (tertiary/aromatic N) is 1. The van der Waals surface area contributed by atoms with Gasteiger partial charge < -0.3 is 10.6 Å². The summed E-state index contributed by atoms with van der Waals surface area (Å²) in [5.74, 6) is 0.571. The number of benzene rings is 1. The third-order valence-electron chi connectivity index (χ3n) is 4.22. The molecule has 4 heteroatoms. The standard InChI is InChI=1S/C16H23FN2O/c1-2-12-3-8-16(20)19(10-9-12)11-15(18)13-4-6-14(17)7-5-13/h4-7,12,15H,2-3,8-11,18H2,1H3. The van der Waals surface area contributed by atoms with Gasteiger partial charge in [-0.15, -0.1) is 0 Å². The van der Waals surface area contributed by atoms with Gasteiger partial charge in [-0.1, -0.05) is 25.5 Å². The summed E-state index contributed by atoms with van der Waals surface area (Å²) >= 11 is 0. The zero-order valence-electron chi connectivity index (χ0n) is 12.0. The van der Waals surface area contributed by atoms with Crippen molar-refractivity contribution in [2.45, 2.75) is 38.6 Å². The predicted octanol–water partition coefficient (Wildman–Crippen LogP) is 2.86. The summed E-state index contributed by atoms with van der Waals surface area (Å²) in [5, 5.41) is 0. The second-order valence-electron chi connectivity index (χ2n) is 5.60. The fourth-order valence-electron chi connectivity index (χ4n) is 2.75. The number of nitrogens with two attached hydrogens (primary N) is 1. The third kappa shape index (κ3) is 3.79. The summed E-state index contributed by atoms with van der Waals surface area (Å²) < 4.78 is 12.9. The van der Waals surface area contributed by atoms with Gasteiger partial charge in [0.15, 0.2) is 0 Å². The number of carbonyl (C=O) groups excluding carboxylic acids is 1. The van der Waals surface area contributed by atoms with Gasteiger partial charge >= 0.3 is 0 Å². The summed E-state index contributed by atoms with van der Waals surface area (Å²) in [4.78, 5) is 14.0. The van der Waals surface area contributed by atoms with E-state index in [-0.39, 0.29) is 17.8 Å². The van der Waals surface area contributed by atoms with Crippen molar-refractivity contribution in [1.82, 2.24) is 4.90 Å². The van der Waals surface area contributed by atoms with E-state index in [1.165, 1.54) is 12.1 Å². The molecule has 1 aromatic rings. The number of amides is 1. The van der Waals surface area contributed by atoms with E-state index in [1.54, 1.807) is 12.1 Å². The van der Waals surface area contributed by atoms with E-state index in [4.69, 9.17) is 5.73 Å². The number of likely N-dealkylation sites (tertiary alicyclic amines) is 1. The van der Waals surface area contributed by atoms with Crippen LogP contribution in [-0.4, -0.2) is 23.9 Å². The Balaban J connectivity index is 1.97. The molecule has 1 aliphatic rings. The zero-order valence-corrected chi connectivity index (χ0v) is 12.0. The van der Waals surface area contributed by atoms with E-state index in [1.807, 2.05) is 4.90 Å². The molecule has 2 unspecified atom stereocenters. The highest BCUT2D eigenvalue weighted by Gasteiger charge is 2.23. The molecule has 3 nitrogen and oxygen atoms in total. The molecule has 1 fully saturated rings.